The fourth-order valence-corrected chi connectivity index (χ4v) is 1.60. The lowest BCUT2D eigenvalue weighted by molar-refractivity contribution is 0.370. The van der Waals surface area contributed by atoms with Crippen molar-refractivity contribution in [2.75, 3.05) is 0 Å². The molecule has 0 saturated heterocycles. The van der Waals surface area contributed by atoms with E-state index >= 15 is 0 Å². The van der Waals surface area contributed by atoms with Crippen LogP contribution in [0, 0.1) is 0 Å². The van der Waals surface area contributed by atoms with Crippen molar-refractivity contribution < 1.29 is 17.7 Å². The number of hydrogen-bond donors (Lipinski definition) is 0. The highest BCUT2D eigenvalue weighted by atomic mass is 19.3. The van der Waals surface area contributed by atoms with E-state index in [4.69, 9.17) is 4.52 Å². The summed E-state index contributed by atoms with van der Waals surface area (Å²) in [6.07, 6.45) is -0.884. The van der Waals surface area contributed by atoms with Gasteiger partial charge in [0.1, 0.15) is 12.0 Å². The highest BCUT2D eigenvalue weighted by Crippen LogP contribution is 2.21. The maximum atomic E-state index is 12.7. The standard InChI is InChI=1S/C13H10F3NO/c14-11(13(15)16)5-4-9-2-1-3-10(8-9)12-6-7-18-17-12/h1-3,6-8H,4-5H2. The van der Waals surface area contributed by atoms with Gasteiger partial charge in [-0.1, -0.05) is 23.4 Å². The molecule has 0 bridgehead atoms. The molecule has 0 saturated carbocycles. The maximum Gasteiger partial charge on any atom is 0.301 e. The first-order valence-corrected chi connectivity index (χ1v) is 5.36. The lowest BCUT2D eigenvalue weighted by atomic mass is 10.0. The largest absolute Gasteiger partial charge is 0.364 e. The number of hydrogen-bond acceptors (Lipinski definition) is 2. The molecule has 18 heavy (non-hydrogen) atoms. The maximum absolute atomic E-state index is 12.7. The molecule has 1 heterocycles. The van der Waals surface area contributed by atoms with Gasteiger partial charge < -0.3 is 4.52 Å². The number of nitrogens with zero attached hydrogens (tertiary/aromatic N) is 1. The van der Waals surface area contributed by atoms with Crippen LogP contribution in [0.5, 0.6) is 0 Å². The Labute approximate surface area is 102 Å². The molecule has 0 aliphatic carbocycles. The first-order chi connectivity index (χ1) is 8.66. The van der Waals surface area contributed by atoms with Crippen molar-refractivity contribution in [3.8, 4) is 11.3 Å². The minimum atomic E-state index is -2.25. The summed E-state index contributed by atoms with van der Waals surface area (Å²) in [5.74, 6) is -1.36. The molecule has 0 aliphatic heterocycles. The zero-order chi connectivity index (χ0) is 13.0. The van der Waals surface area contributed by atoms with Crippen LogP contribution in [0.4, 0.5) is 13.2 Å². The van der Waals surface area contributed by atoms with E-state index in [2.05, 4.69) is 5.16 Å². The Morgan fingerprint density at radius 3 is 2.67 bits per heavy atom. The topological polar surface area (TPSA) is 26.0 Å². The first kappa shape index (κ1) is 12.4. The molecule has 0 radical (unpaired) electrons. The summed E-state index contributed by atoms with van der Waals surface area (Å²) in [7, 11) is 0. The Morgan fingerprint density at radius 2 is 2.00 bits per heavy atom. The molecule has 94 valence electrons. The molecule has 0 atom stereocenters. The monoisotopic (exact) mass is 253 g/mol. The molecule has 0 aliphatic rings. The molecular weight excluding hydrogens is 243 g/mol. The Balaban J connectivity index is 2.11. The fourth-order valence-electron chi connectivity index (χ4n) is 1.60. The van der Waals surface area contributed by atoms with Crippen LogP contribution in [-0.4, -0.2) is 5.16 Å². The van der Waals surface area contributed by atoms with Crippen LogP contribution in [0.15, 0.2) is 53.0 Å². The zero-order valence-electron chi connectivity index (χ0n) is 9.37. The lowest BCUT2D eigenvalue weighted by Crippen LogP contribution is -1.88. The van der Waals surface area contributed by atoms with Crippen molar-refractivity contribution in [2.45, 2.75) is 12.8 Å². The van der Waals surface area contributed by atoms with Gasteiger partial charge in [-0.3, -0.25) is 0 Å². The summed E-state index contributed by atoms with van der Waals surface area (Å²) in [6.45, 7) is 0. The molecule has 0 unspecified atom stereocenters. The van der Waals surface area contributed by atoms with E-state index in [-0.39, 0.29) is 12.8 Å². The zero-order valence-corrected chi connectivity index (χ0v) is 9.37. The Hall–Kier alpha value is -2.04. The number of benzene rings is 1. The fraction of sp³-hybridized carbons (Fsp3) is 0.154. The Kier molecular flexibility index (Phi) is 3.82. The van der Waals surface area contributed by atoms with Crippen molar-refractivity contribution in [1.29, 1.82) is 0 Å². The van der Waals surface area contributed by atoms with E-state index < -0.39 is 11.9 Å². The number of aromatic nitrogens is 1. The van der Waals surface area contributed by atoms with E-state index in [1.807, 2.05) is 6.07 Å². The van der Waals surface area contributed by atoms with Crippen LogP contribution in [-0.2, 0) is 6.42 Å². The van der Waals surface area contributed by atoms with Crippen LogP contribution >= 0.6 is 0 Å². The van der Waals surface area contributed by atoms with Crippen molar-refractivity contribution in [3.63, 3.8) is 0 Å². The highest BCUT2D eigenvalue weighted by molar-refractivity contribution is 5.59. The average molecular weight is 253 g/mol. The summed E-state index contributed by atoms with van der Waals surface area (Å²) < 4.78 is 41.2. The second-order valence-corrected chi connectivity index (χ2v) is 3.75. The van der Waals surface area contributed by atoms with Crippen molar-refractivity contribution in [1.82, 2.24) is 5.16 Å². The number of allylic oxidation sites excluding steroid dienone is 1. The van der Waals surface area contributed by atoms with Gasteiger partial charge in [0, 0.05) is 18.1 Å². The quantitative estimate of drug-likeness (QED) is 0.809. The lowest BCUT2D eigenvalue weighted by Gasteiger charge is -2.02. The van der Waals surface area contributed by atoms with Gasteiger partial charge in [-0.25, -0.2) is 4.39 Å². The van der Waals surface area contributed by atoms with Gasteiger partial charge >= 0.3 is 6.08 Å². The van der Waals surface area contributed by atoms with Gasteiger partial charge in [-0.05, 0) is 18.1 Å². The second-order valence-electron chi connectivity index (χ2n) is 3.75. The summed E-state index contributed by atoms with van der Waals surface area (Å²) in [6, 6.07) is 8.82. The molecule has 0 fully saturated rings. The summed E-state index contributed by atoms with van der Waals surface area (Å²) in [5, 5.41) is 3.77. The minimum absolute atomic E-state index is 0.217. The molecule has 2 aromatic rings. The molecule has 0 N–H and O–H groups in total. The first-order valence-electron chi connectivity index (χ1n) is 5.36. The third-order valence-electron chi connectivity index (χ3n) is 2.50. The van der Waals surface area contributed by atoms with E-state index in [0.717, 1.165) is 11.1 Å². The molecule has 1 aromatic carbocycles. The predicted octanol–water partition coefficient (Wildman–Crippen LogP) is 4.35. The molecular formula is C13H10F3NO. The third-order valence-corrected chi connectivity index (χ3v) is 2.50. The van der Waals surface area contributed by atoms with Gasteiger partial charge in [-0.15, -0.1) is 0 Å². The molecule has 5 heteroatoms. The van der Waals surface area contributed by atoms with Gasteiger partial charge in [0.25, 0.3) is 0 Å². The van der Waals surface area contributed by atoms with Gasteiger partial charge in [0.2, 0.25) is 0 Å². The molecule has 2 rings (SSSR count). The third kappa shape index (κ3) is 3.00. The number of halogens is 3. The molecule has 1 aromatic heterocycles. The van der Waals surface area contributed by atoms with Crippen molar-refractivity contribution in [2.24, 2.45) is 0 Å². The van der Waals surface area contributed by atoms with E-state index in [1.54, 1.807) is 24.3 Å². The minimum Gasteiger partial charge on any atom is -0.364 e. The van der Waals surface area contributed by atoms with Crippen LogP contribution in [0.2, 0.25) is 0 Å². The second kappa shape index (κ2) is 5.53. The van der Waals surface area contributed by atoms with E-state index in [1.165, 1.54) is 6.26 Å². The van der Waals surface area contributed by atoms with Crippen molar-refractivity contribution >= 4 is 0 Å². The number of rotatable bonds is 4. The average Bonchev–Trinajstić information content (AvgIpc) is 2.90. The van der Waals surface area contributed by atoms with Crippen LogP contribution in [0.3, 0.4) is 0 Å². The summed E-state index contributed by atoms with van der Waals surface area (Å²) >= 11 is 0. The molecule has 0 amide bonds. The molecule has 2 nitrogen and oxygen atoms in total. The van der Waals surface area contributed by atoms with Gasteiger partial charge in [0.15, 0.2) is 5.83 Å². The normalized spacial score (nSPS) is 10.4. The Morgan fingerprint density at radius 1 is 1.17 bits per heavy atom. The van der Waals surface area contributed by atoms with E-state index in [0.29, 0.717) is 5.69 Å². The van der Waals surface area contributed by atoms with E-state index in [9.17, 15) is 13.2 Å². The summed E-state index contributed by atoms with van der Waals surface area (Å²) in [5.41, 5.74) is 2.24. The SMILES string of the molecule is FC(F)=C(F)CCc1cccc(-c2ccon2)c1. The molecule has 0 spiro atoms. The number of aryl methyl sites for hydroxylation is 1. The van der Waals surface area contributed by atoms with Gasteiger partial charge in [0.05, 0.1) is 0 Å². The van der Waals surface area contributed by atoms with Crippen LogP contribution in [0.25, 0.3) is 11.3 Å². The predicted molar refractivity (Wildman–Crippen MR) is 60.6 cm³/mol. The van der Waals surface area contributed by atoms with Crippen LogP contribution < -0.4 is 0 Å². The van der Waals surface area contributed by atoms with Crippen LogP contribution in [0.1, 0.15) is 12.0 Å². The van der Waals surface area contributed by atoms with Gasteiger partial charge in [-0.2, -0.15) is 8.78 Å². The van der Waals surface area contributed by atoms with Crippen molar-refractivity contribution in [3.05, 3.63) is 54.1 Å². The Bertz CT molecular complexity index is 545. The summed E-state index contributed by atoms with van der Waals surface area (Å²) in [4.78, 5) is 0. The highest BCUT2D eigenvalue weighted by Gasteiger charge is 2.06. The smallest absolute Gasteiger partial charge is 0.301 e.